The molecule has 1 fully saturated rings. The van der Waals surface area contributed by atoms with Crippen LogP contribution < -0.4 is 11.1 Å². The summed E-state index contributed by atoms with van der Waals surface area (Å²) in [6.45, 7) is 6.67. The average molecular weight is 298 g/mol. The topological polar surface area (TPSA) is 98.0 Å². The molecule has 0 amide bonds. The number of aromatic nitrogens is 2. The summed E-state index contributed by atoms with van der Waals surface area (Å²) >= 11 is 0. The Labute approximate surface area is 120 Å². The van der Waals surface area contributed by atoms with Crippen LogP contribution in [0.1, 0.15) is 33.0 Å². The van der Waals surface area contributed by atoms with Gasteiger partial charge in [0.15, 0.2) is 9.84 Å². The van der Waals surface area contributed by atoms with Crippen molar-refractivity contribution in [3.05, 3.63) is 11.9 Å². The first-order valence-electron chi connectivity index (χ1n) is 6.75. The van der Waals surface area contributed by atoms with Crippen molar-refractivity contribution in [2.24, 2.45) is 5.92 Å². The predicted molar refractivity (Wildman–Crippen MR) is 80.4 cm³/mol. The Kier molecular flexibility index (Phi) is 3.90. The van der Waals surface area contributed by atoms with E-state index in [0.29, 0.717) is 36.2 Å². The molecule has 0 radical (unpaired) electrons. The van der Waals surface area contributed by atoms with Crippen LogP contribution in [0.15, 0.2) is 6.07 Å². The summed E-state index contributed by atoms with van der Waals surface area (Å²) in [7, 11) is -2.84. The molecule has 7 heteroatoms. The van der Waals surface area contributed by atoms with Crippen molar-refractivity contribution >= 4 is 21.5 Å². The molecule has 0 spiro atoms. The van der Waals surface area contributed by atoms with Crippen molar-refractivity contribution in [1.29, 1.82) is 0 Å². The van der Waals surface area contributed by atoms with Crippen LogP contribution in [0.4, 0.5) is 11.6 Å². The lowest BCUT2D eigenvalue weighted by Gasteiger charge is -2.18. The van der Waals surface area contributed by atoms with Crippen LogP contribution in [0.5, 0.6) is 0 Å². The Bertz CT molecular complexity index is 593. The van der Waals surface area contributed by atoms with Crippen LogP contribution in [0.25, 0.3) is 0 Å². The highest BCUT2D eigenvalue weighted by atomic mass is 32.2. The number of rotatable bonds is 3. The number of nitrogen functional groups attached to an aromatic ring is 1. The zero-order chi connectivity index (χ0) is 15.0. The lowest BCUT2D eigenvalue weighted by Crippen LogP contribution is -2.20. The van der Waals surface area contributed by atoms with Gasteiger partial charge in [0.05, 0.1) is 11.5 Å². The second-order valence-corrected chi connectivity index (χ2v) is 8.63. The van der Waals surface area contributed by atoms with Gasteiger partial charge in [0, 0.05) is 18.0 Å². The molecule has 1 aromatic heterocycles. The highest BCUT2D eigenvalue weighted by Gasteiger charge is 2.27. The molecule has 0 aliphatic carbocycles. The van der Waals surface area contributed by atoms with Crippen LogP contribution in [-0.2, 0) is 15.3 Å². The highest BCUT2D eigenvalue weighted by molar-refractivity contribution is 7.91. The number of nitrogens with two attached hydrogens (primary N) is 1. The molecule has 112 valence electrons. The SMILES string of the molecule is CC(C)(C)c1nc(N)cc(NCC2CCS(=O)(=O)C2)n1. The Morgan fingerprint density at radius 3 is 2.65 bits per heavy atom. The maximum absolute atomic E-state index is 11.4. The lowest BCUT2D eigenvalue weighted by molar-refractivity contribution is 0.546. The zero-order valence-corrected chi connectivity index (χ0v) is 13.0. The Balaban J connectivity index is 2.05. The molecule has 1 atom stereocenters. The van der Waals surface area contributed by atoms with Crippen LogP contribution >= 0.6 is 0 Å². The maximum Gasteiger partial charge on any atom is 0.150 e. The van der Waals surface area contributed by atoms with Gasteiger partial charge in [-0.2, -0.15) is 0 Å². The second-order valence-electron chi connectivity index (χ2n) is 6.40. The fourth-order valence-corrected chi connectivity index (χ4v) is 4.04. The molecule has 0 bridgehead atoms. The monoisotopic (exact) mass is 298 g/mol. The molecule has 1 aromatic rings. The van der Waals surface area contributed by atoms with Crippen LogP contribution in [0, 0.1) is 5.92 Å². The molecule has 6 nitrogen and oxygen atoms in total. The minimum Gasteiger partial charge on any atom is -0.384 e. The van der Waals surface area contributed by atoms with E-state index in [-0.39, 0.29) is 17.1 Å². The lowest BCUT2D eigenvalue weighted by atomic mass is 9.96. The molecule has 0 aromatic carbocycles. The molecule has 2 rings (SSSR count). The van der Waals surface area contributed by atoms with Crippen LogP contribution in [0.3, 0.4) is 0 Å². The molecule has 1 unspecified atom stereocenters. The molecule has 1 aliphatic rings. The molecule has 20 heavy (non-hydrogen) atoms. The smallest absolute Gasteiger partial charge is 0.150 e. The second kappa shape index (κ2) is 5.20. The standard InChI is InChI=1S/C13H22N4O2S/c1-13(2,3)12-16-10(14)6-11(17-12)15-7-9-4-5-20(18,19)8-9/h6,9H,4-5,7-8H2,1-3H3,(H3,14,15,16,17). The minimum atomic E-state index is -2.84. The quantitative estimate of drug-likeness (QED) is 0.870. The predicted octanol–water partition coefficient (Wildman–Crippen LogP) is 1.20. The van der Waals surface area contributed by atoms with Gasteiger partial charge in [-0.1, -0.05) is 20.8 Å². The van der Waals surface area contributed by atoms with E-state index < -0.39 is 9.84 Å². The highest BCUT2D eigenvalue weighted by Crippen LogP contribution is 2.22. The maximum atomic E-state index is 11.4. The molecule has 1 saturated heterocycles. The van der Waals surface area contributed by atoms with Crippen molar-refractivity contribution in [2.75, 3.05) is 29.1 Å². The largest absolute Gasteiger partial charge is 0.384 e. The van der Waals surface area contributed by atoms with E-state index in [1.165, 1.54) is 0 Å². The van der Waals surface area contributed by atoms with Gasteiger partial charge in [0.2, 0.25) is 0 Å². The average Bonchev–Trinajstić information content (AvgIpc) is 2.64. The van der Waals surface area contributed by atoms with E-state index >= 15 is 0 Å². The summed E-state index contributed by atoms with van der Waals surface area (Å²) in [4.78, 5) is 8.69. The summed E-state index contributed by atoms with van der Waals surface area (Å²) in [6.07, 6.45) is 0.710. The molecular weight excluding hydrogens is 276 g/mol. The van der Waals surface area contributed by atoms with E-state index in [1.807, 2.05) is 20.8 Å². The minimum absolute atomic E-state index is 0.147. The van der Waals surface area contributed by atoms with Gasteiger partial charge in [-0.05, 0) is 12.3 Å². The van der Waals surface area contributed by atoms with Gasteiger partial charge < -0.3 is 11.1 Å². The summed E-state index contributed by atoms with van der Waals surface area (Å²) in [6, 6.07) is 1.68. The Morgan fingerprint density at radius 2 is 2.10 bits per heavy atom. The first-order valence-corrected chi connectivity index (χ1v) is 8.57. The van der Waals surface area contributed by atoms with Crippen molar-refractivity contribution in [3.8, 4) is 0 Å². The van der Waals surface area contributed by atoms with E-state index in [2.05, 4.69) is 15.3 Å². The number of hydrogen-bond acceptors (Lipinski definition) is 6. The summed E-state index contributed by atoms with van der Waals surface area (Å²) in [5, 5.41) is 3.18. The summed E-state index contributed by atoms with van der Waals surface area (Å²) in [5.41, 5.74) is 5.62. The zero-order valence-electron chi connectivity index (χ0n) is 12.2. The molecule has 3 N–H and O–H groups in total. The number of nitrogens with zero attached hydrogens (tertiary/aromatic N) is 2. The first kappa shape index (κ1) is 15.0. The van der Waals surface area contributed by atoms with E-state index in [4.69, 9.17) is 5.73 Å². The normalized spacial score (nSPS) is 21.9. The summed E-state index contributed by atoms with van der Waals surface area (Å²) in [5.74, 6) is 2.46. The fourth-order valence-electron chi connectivity index (χ4n) is 2.17. The molecule has 2 heterocycles. The Morgan fingerprint density at radius 1 is 1.40 bits per heavy atom. The third kappa shape index (κ3) is 3.82. The number of nitrogens with one attached hydrogen (secondary N) is 1. The Hall–Kier alpha value is -1.37. The van der Waals surface area contributed by atoms with Gasteiger partial charge in [-0.15, -0.1) is 0 Å². The van der Waals surface area contributed by atoms with Crippen LogP contribution in [0.2, 0.25) is 0 Å². The number of anilines is 2. The van der Waals surface area contributed by atoms with Crippen LogP contribution in [-0.4, -0.2) is 36.4 Å². The van der Waals surface area contributed by atoms with Gasteiger partial charge >= 0.3 is 0 Å². The van der Waals surface area contributed by atoms with Gasteiger partial charge in [-0.3, -0.25) is 0 Å². The molecule has 1 aliphatic heterocycles. The van der Waals surface area contributed by atoms with Crippen molar-refractivity contribution in [3.63, 3.8) is 0 Å². The third-order valence-corrected chi connectivity index (χ3v) is 5.15. The van der Waals surface area contributed by atoms with E-state index in [0.717, 1.165) is 0 Å². The molecule has 0 saturated carbocycles. The third-order valence-electron chi connectivity index (χ3n) is 3.32. The molecular formula is C13H22N4O2S. The fraction of sp³-hybridized carbons (Fsp3) is 0.692. The van der Waals surface area contributed by atoms with Crippen molar-refractivity contribution in [1.82, 2.24) is 9.97 Å². The van der Waals surface area contributed by atoms with Crippen molar-refractivity contribution < 1.29 is 8.42 Å². The van der Waals surface area contributed by atoms with Gasteiger partial charge in [0.1, 0.15) is 17.5 Å². The van der Waals surface area contributed by atoms with Gasteiger partial charge in [-0.25, -0.2) is 18.4 Å². The number of hydrogen-bond donors (Lipinski definition) is 2. The van der Waals surface area contributed by atoms with Crippen molar-refractivity contribution in [2.45, 2.75) is 32.6 Å². The first-order chi connectivity index (χ1) is 9.16. The van der Waals surface area contributed by atoms with E-state index in [9.17, 15) is 8.42 Å². The van der Waals surface area contributed by atoms with Gasteiger partial charge in [0.25, 0.3) is 0 Å². The van der Waals surface area contributed by atoms with E-state index in [1.54, 1.807) is 6.07 Å². The number of sulfone groups is 1. The summed E-state index contributed by atoms with van der Waals surface area (Å²) < 4.78 is 22.8.